The van der Waals surface area contributed by atoms with Crippen LogP contribution in [0.3, 0.4) is 0 Å². The molecular formula is C8H8N2. The summed E-state index contributed by atoms with van der Waals surface area (Å²) in [5.41, 5.74) is 0.984. The molecule has 1 atom stereocenters. The smallest absolute Gasteiger partial charge is 0.247 e. The summed E-state index contributed by atoms with van der Waals surface area (Å²) in [6.45, 7) is 8.61. The minimum absolute atomic E-state index is 0.0614. The second kappa shape index (κ2) is 2.98. The lowest BCUT2D eigenvalue weighted by Crippen LogP contribution is -1.85. The number of pyridine rings is 1. The Kier molecular flexibility index (Phi) is 2.01. The zero-order chi connectivity index (χ0) is 7.40. The highest BCUT2D eigenvalue weighted by molar-refractivity contribution is 5.15. The van der Waals surface area contributed by atoms with E-state index in [1.807, 2.05) is 19.1 Å². The van der Waals surface area contributed by atoms with Crippen molar-refractivity contribution < 1.29 is 0 Å². The molecule has 0 bridgehead atoms. The molecule has 0 amide bonds. The minimum atomic E-state index is -0.0614. The van der Waals surface area contributed by atoms with Crippen LogP contribution in [-0.2, 0) is 0 Å². The fourth-order valence-electron chi connectivity index (χ4n) is 0.698. The van der Waals surface area contributed by atoms with Gasteiger partial charge in [-0.3, -0.25) is 4.98 Å². The van der Waals surface area contributed by atoms with Crippen LogP contribution in [0.5, 0.6) is 0 Å². The van der Waals surface area contributed by atoms with Gasteiger partial charge in [0.2, 0.25) is 6.04 Å². The molecule has 2 nitrogen and oxygen atoms in total. The van der Waals surface area contributed by atoms with Gasteiger partial charge in [0.1, 0.15) is 0 Å². The molecule has 1 heterocycles. The van der Waals surface area contributed by atoms with E-state index in [0.717, 1.165) is 5.56 Å². The van der Waals surface area contributed by atoms with E-state index >= 15 is 0 Å². The predicted octanol–water partition coefficient (Wildman–Crippen LogP) is 2.06. The molecule has 0 N–H and O–H groups in total. The van der Waals surface area contributed by atoms with Crippen LogP contribution < -0.4 is 0 Å². The summed E-state index contributed by atoms with van der Waals surface area (Å²) in [6, 6.07) is 3.70. The van der Waals surface area contributed by atoms with E-state index in [4.69, 9.17) is 6.57 Å². The van der Waals surface area contributed by atoms with E-state index in [9.17, 15) is 0 Å². The fourth-order valence-corrected chi connectivity index (χ4v) is 0.698. The van der Waals surface area contributed by atoms with Crippen molar-refractivity contribution >= 4 is 0 Å². The van der Waals surface area contributed by atoms with Gasteiger partial charge in [-0.25, -0.2) is 6.57 Å². The van der Waals surface area contributed by atoms with Gasteiger partial charge in [0.05, 0.1) is 5.56 Å². The van der Waals surface area contributed by atoms with E-state index in [1.54, 1.807) is 12.4 Å². The second-order valence-electron chi connectivity index (χ2n) is 2.09. The maximum atomic E-state index is 6.74. The van der Waals surface area contributed by atoms with Crippen LogP contribution in [-0.4, -0.2) is 4.98 Å². The third kappa shape index (κ3) is 1.32. The summed E-state index contributed by atoms with van der Waals surface area (Å²) in [6.07, 6.45) is 3.43. The average molecular weight is 132 g/mol. The maximum Gasteiger partial charge on any atom is 0.247 e. The zero-order valence-electron chi connectivity index (χ0n) is 5.78. The van der Waals surface area contributed by atoms with Gasteiger partial charge in [-0.15, -0.1) is 0 Å². The monoisotopic (exact) mass is 132 g/mol. The highest BCUT2D eigenvalue weighted by Crippen LogP contribution is 2.13. The minimum Gasteiger partial charge on any atom is -0.309 e. The third-order valence-corrected chi connectivity index (χ3v) is 1.36. The van der Waals surface area contributed by atoms with Crippen LogP contribution in [0.1, 0.15) is 18.5 Å². The molecule has 0 fully saturated rings. The molecule has 1 aromatic rings. The summed E-state index contributed by atoms with van der Waals surface area (Å²) in [5.74, 6) is 0. The van der Waals surface area contributed by atoms with Gasteiger partial charge in [-0.05, 0) is 12.1 Å². The van der Waals surface area contributed by atoms with E-state index < -0.39 is 0 Å². The predicted molar refractivity (Wildman–Crippen MR) is 39.3 cm³/mol. The molecule has 0 saturated carbocycles. The van der Waals surface area contributed by atoms with Gasteiger partial charge in [0, 0.05) is 19.3 Å². The van der Waals surface area contributed by atoms with Crippen molar-refractivity contribution in [3.63, 3.8) is 0 Å². The molecule has 0 spiro atoms. The first-order chi connectivity index (χ1) is 4.84. The lowest BCUT2D eigenvalue weighted by molar-refractivity contribution is 0.948. The highest BCUT2D eigenvalue weighted by atomic mass is 14.7. The number of nitrogens with zero attached hydrogens (tertiary/aromatic N) is 2. The van der Waals surface area contributed by atoms with Crippen molar-refractivity contribution in [2.24, 2.45) is 0 Å². The van der Waals surface area contributed by atoms with Gasteiger partial charge in [-0.1, -0.05) is 0 Å². The highest BCUT2D eigenvalue weighted by Gasteiger charge is 2.05. The van der Waals surface area contributed by atoms with Gasteiger partial charge >= 0.3 is 0 Å². The molecule has 0 aliphatic carbocycles. The topological polar surface area (TPSA) is 17.2 Å². The first-order valence-electron chi connectivity index (χ1n) is 3.11. The van der Waals surface area contributed by atoms with Crippen LogP contribution in [0.2, 0.25) is 0 Å². The fraction of sp³-hybridized carbons (Fsp3) is 0.250. The Bertz CT molecular complexity index is 235. The molecule has 1 rings (SSSR count). The summed E-state index contributed by atoms with van der Waals surface area (Å²) in [7, 11) is 0. The Balaban J connectivity index is 2.88. The van der Waals surface area contributed by atoms with Crippen LogP contribution in [0.25, 0.3) is 4.85 Å². The molecule has 0 unspecified atom stereocenters. The van der Waals surface area contributed by atoms with Gasteiger partial charge in [0.25, 0.3) is 0 Å². The van der Waals surface area contributed by atoms with Gasteiger partial charge in [0.15, 0.2) is 0 Å². The summed E-state index contributed by atoms with van der Waals surface area (Å²) in [5, 5.41) is 0. The van der Waals surface area contributed by atoms with Crippen molar-refractivity contribution in [3.05, 3.63) is 41.5 Å². The van der Waals surface area contributed by atoms with Crippen LogP contribution in [0.4, 0.5) is 0 Å². The Morgan fingerprint density at radius 2 is 2.50 bits per heavy atom. The van der Waals surface area contributed by atoms with Crippen LogP contribution >= 0.6 is 0 Å². The summed E-state index contributed by atoms with van der Waals surface area (Å²) in [4.78, 5) is 7.28. The molecular weight excluding hydrogens is 124 g/mol. The molecule has 0 aliphatic rings. The molecule has 0 saturated heterocycles. The van der Waals surface area contributed by atoms with E-state index in [-0.39, 0.29) is 6.04 Å². The van der Waals surface area contributed by atoms with Crippen LogP contribution in [0, 0.1) is 6.57 Å². The molecule has 10 heavy (non-hydrogen) atoms. The van der Waals surface area contributed by atoms with Crippen LogP contribution in [0.15, 0.2) is 24.5 Å². The summed E-state index contributed by atoms with van der Waals surface area (Å²) < 4.78 is 0. The van der Waals surface area contributed by atoms with Crippen molar-refractivity contribution in [3.8, 4) is 0 Å². The SMILES string of the molecule is [C-]#[N+][C@@H](C)c1cccnc1. The molecule has 50 valence electrons. The van der Waals surface area contributed by atoms with E-state index in [2.05, 4.69) is 9.83 Å². The van der Waals surface area contributed by atoms with Crippen molar-refractivity contribution in [2.45, 2.75) is 13.0 Å². The zero-order valence-corrected chi connectivity index (χ0v) is 5.78. The van der Waals surface area contributed by atoms with Crippen molar-refractivity contribution in [1.29, 1.82) is 0 Å². The van der Waals surface area contributed by atoms with Gasteiger partial charge < -0.3 is 4.85 Å². The summed E-state index contributed by atoms with van der Waals surface area (Å²) >= 11 is 0. The molecule has 0 aliphatic heterocycles. The Morgan fingerprint density at radius 1 is 1.70 bits per heavy atom. The third-order valence-electron chi connectivity index (χ3n) is 1.36. The lowest BCUT2D eigenvalue weighted by atomic mass is 10.2. The number of rotatable bonds is 1. The number of hydrogen-bond acceptors (Lipinski definition) is 1. The molecule has 0 aromatic carbocycles. The molecule has 2 heteroatoms. The van der Waals surface area contributed by atoms with Crippen molar-refractivity contribution in [2.75, 3.05) is 0 Å². The largest absolute Gasteiger partial charge is 0.309 e. The maximum absolute atomic E-state index is 6.74. The molecule has 1 aromatic heterocycles. The van der Waals surface area contributed by atoms with E-state index in [0.29, 0.717) is 0 Å². The Hall–Kier alpha value is -1.36. The number of aromatic nitrogens is 1. The average Bonchev–Trinajstić information content (AvgIpc) is 2.05. The first kappa shape index (κ1) is 6.76. The Morgan fingerprint density at radius 3 is 3.00 bits per heavy atom. The normalized spacial score (nSPS) is 12.0. The Labute approximate surface area is 60.3 Å². The quantitative estimate of drug-likeness (QED) is 0.534. The standard InChI is InChI=1S/C8H8N2/c1-7(9-2)8-4-3-5-10-6-8/h3-7H,1H3/t7-/m0/s1. The van der Waals surface area contributed by atoms with Crippen molar-refractivity contribution in [1.82, 2.24) is 4.98 Å². The lowest BCUT2D eigenvalue weighted by Gasteiger charge is -1.95. The second-order valence-corrected chi connectivity index (χ2v) is 2.09. The van der Waals surface area contributed by atoms with E-state index in [1.165, 1.54) is 0 Å². The van der Waals surface area contributed by atoms with Gasteiger partial charge in [-0.2, -0.15) is 0 Å². The number of hydrogen-bond donors (Lipinski definition) is 0. The first-order valence-corrected chi connectivity index (χ1v) is 3.11. The molecule has 0 radical (unpaired) electrons.